The van der Waals surface area contributed by atoms with Crippen molar-refractivity contribution in [2.75, 3.05) is 28.3 Å². The molecule has 2 aliphatic carbocycles. The number of H-pyrrole nitrogens is 1. The van der Waals surface area contributed by atoms with Gasteiger partial charge in [0.2, 0.25) is 5.91 Å². The summed E-state index contributed by atoms with van der Waals surface area (Å²) in [6.45, 7) is 5.72. The molecule has 192 valence electrons. The summed E-state index contributed by atoms with van der Waals surface area (Å²) in [6, 6.07) is 1.71. The number of nitrogens with zero attached hydrogens (tertiary/aromatic N) is 2. The van der Waals surface area contributed by atoms with E-state index in [1.54, 1.807) is 20.3 Å². The van der Waals surface area contributed by atoms with Gasteiger partial charge in [0.05, 0.1) is 30.0 Å². The van der Waals surface area contributed by atoms with Crippen LogP contribution in [0.3, 0.4) is 0 Å². The van der Waals surface area contributed by atoms with E-state index < -0.39 is 0 Å². The van der Waals surface area contributed by atoms with Crippen molar-refractivity contribution in [1.82, 2.24) is 20.4 Å². The number of rotatable bonds is 7. The lowest BCUT2D eigenvalue weighted by atomic mass is 9.80. The van der Waals surface area contributed by atoms with Crippen LogP contribution in [-0.2, 0) is 17.6 Å². The number of hydrogen-bond acceptors (Lipinski definition) is 5. The second kappa shape index (κ2) is 10.6. The topological polar surface area (TPSA) is 79.5 Å². The lowest BCUT2D eigenvalue weighted by Crippen LogP contribution is -2.29. The monoisotopic (exact) mass is 530 g/mol. The Kier molecular flexibility index (Phi) is 7.71. The largest absolute Gasteiger partial charge is 0.495 e. The molecular weight excluding hydrogens is 499 g/mol. The Morgan fingerprint density at radius 1 is 1.22 bits per heavy atom. The molecule has 1 heterocycles. The first kappa shape index (κ1) is 26.2. The van der Waals surface area contributed by atoms with Crippen LogP contribution in [0.5, 0.6) is 11.5 Å². The van der Waals surface area contributed by atoms with Gasteiger partial charge >= 0.3 is 0 Å². The fourth-order valence-corrected chi connectivity index (χ4v) is 5.91. The summed E-state index contributed by atoms with van der Waals surface area (Å²) < 4.78 is 10.9. The van der Waals surface area contributed by atoms with Crippen LogP contribution in [-0.4, -0.2) is 49.3 Å². The Balaban J connectivity index is 1.76. The zero-order chi connectivity index (χ0) is 26.1. The van der Waals surface area contributed by atoms with Crippen molar-refractivity contribution in [3.63, 3.8) is 0 Å². The summed E-state index contributed by atoms with van der Waals surface area (Å²) in [7, 11) is 7.22. The van der Waals surface area contributed by atoms with Gasteiger partial charge < -0.3 is 19.7 Å². The normalized spacial score (nSPS) is 19.4. The predicted octanol–water partition coefficient (Wildman–Crippen LogP) is 5.50. The molecule has 2 aliphatic rings. The standard InChI is InChI=1S/C27H32Cl2N4O3/c1-7-22(34)30-26-14(2)10-16(33(3)4)12-18(26)27-17-9-8-15(11-19(17)31-32-27)23-24(28)20(35-5)13-21(36-6)25(23)29/h7,12-15H,1,8-11H2,2-6H3,(H,30,34)(H,31,32)/t14?,15-/m0/s1. The molecule has 0 saturated carbocycles. The number of methoxy groups -OCH3 is 2. The van der Waals surface area contributed by atoms with E-state index >= 15 is 0 Å². The van der Waals surface area contributed by atoms with Gasteiger partial charge in [-0.1, -0.05) is 36.7 Å². The average Bonchev–Trinajstić information content (AvgIpc) is 3.28. The highest BCUT2D eigenvalue weighted by molar-refractivity contribution is 6.38. The Morgan fingerprint density at radius 2 is 1.89 bits per heavy atom. The summed E-state index contributed by atoms with van der Waals surface area (Å²) in [6.07, 6.45) is 6.55. The van der Waals surface area contributed by atoms with Crippen LogP contribution in [0, 0.1) is 5.92 Å². The van der Waals surface area contributed by atoms with Gasteiger partial charge in [0.15, 0.2) is 0 Å². The zero-order valence-electron chi connectivity index (χ0n) is 21.3. The molecule has 1 unspecified atom stereocenters. The van der Waals surface area contributed by atoms with E-state index in [1.807, 2.05) is 14.1 Å². The zero-order valence-corrected chi connectivity index (χ0v) is 22.8. The number of benzene rings is 1. The van der Waals surface area contributed by atoms with Gasteiger partial charge in [-0.15, -0.1) is 0 Å². The van der Waals surface area contributed by atoms with Crippen molar-refractivity contribution in [3.05, 3.63) is 68.8 Å². The molecule has 2 atom stereocenters. The molecule has 7 nitrogen and oxygen atoms in total. The SMILES string of the molecule is C=CC(=O)NC1=C(c2n[nH]c3c2CC[C@H](c2c(Cl)c(OC)cc(OC)c2Cl)C3)C=C(N(C)C)CC1C. The molecule has 1 aromatic carbocycles. The van der Waals surface area contributed by atoms with Crippen LogP contribution < -0.4 is 14.8 Å². The first-order chi connectivity index (χ1) is 17.2. The molecule has 0 radical (unpaired) electrons. The third-order valence-corrected chi connectivity index (χ3v) is 7.82. The van der Waals surface area contributed by atoms with Crippen molar-refractivity contribution in [2.45, 2.75) is 38.5 Å². The molecule has 2 N–H and O–H groups in total. The van der Waals surface area contributed by atoms with Crippen molar-refractivity contribution in [1.29, 1.82) is 0 Å². The number of hydrogen-bond donors (Lipinski definition) is 2. The van der Waals surface area contributed by atoms with Gasteiger partial charge in [0.25, 0.3) is 0 Å². The lowest BCUT2D eigenvalue weighted by Gasteiger charge is -2.30. The van der Waals surface area contributed by atoms with Gasteiger partial charge in [-0.05, 0) is 43.8 Å². The summed E-state index contributed by atoms with van der Waals surface area (Å²) in [5, 5.41) is 12.0. The maximum Gasteiger partial charge on any atom is 0.247 e. The highest BCUT2D eigenvalue weighted by atomic mass is 35.5. The Labute approximate surface area is 222 Å². The molecule has 0 bridgehead atoms. The third-order valence-electron chi connectivity index (χ3n) is 7.04. The number of amides is 1. The van der Waals surface area contributed by atoms with Crippen LogP contribution in [0.4, 0.5) is 0 Å². The van der Waals surface area contributed by atoms with Crippen LogP contribution in [0.25, 0.3) is 5.57 Å². The number of fused-ring (bicyclic) bond motifs is 1. The predicted molar refractivity (Wildman–Crippen MR) is 144 cm³/mol. The molecule has 4 rings (SSSR count). The van der Waals surface area contributed by atoms with Crippen LogP contribution in [0.15, 0.2) is 36.2 Å². The fourth-order valence-electron chi connectivity index (χ4n) is 5.11. The van der Waals surface area contributed by atoms with Gasteiger partial charge in [0, 0.05) is 59.9 Å². The van der Waals surface area contributed by atoms with Crippen molar-refractivity contribution in [2.24, 2.45) is 5.92 Å². The molecule has 9 heteroatoms. The highest BCUT2D eigenvalue weighted by Crippen LogP contribution is 2.48. The first-order valence-electron chi connectivity index (χ1n) is 11.9. The third kappa shape index (κ3) is 4.74. The first-order valence-corrected chi connectivity index (χ1v) is 12.7. The lowest BCUT2D eigenvalue weighted by molar-refractivity contribution is -0.115. The number of allylic oxidation sites excluding steroid dienone is 4. The summed E-state index contributed by atoms with van der Waals surface area (Å²) in [5.41, 5.74) is 6.87. The molecule has 1 aromatic heterocycles. The minimum absolute atomic E-state index is 0.0712. The van der Waals surface area contributed by atoms with Gasteiger partial charge in [-0.2, -0.15) is 5.10 Å². The quantitative estimate of drug-likeness (QED) is 0.461. The van der Waals surface area contributed by atoms with Gasteiger partial charge in [-0.3, -0.25) is 9.89 Å². The van der Waals surface area contributed by atoms with E-state index in [9.17, 15) is 4.79 Å². The number of nitrogens with one attached hydrogen (secondary N) is 2. The molecule has 0 fully saturated rings. The number of ether oxygens (including phenoxy) is 2. The number of aromatic amines is 1. The molecule has 0 aliphatic heterocycles. The van der Waals surface area contributed by atoms with E-state index in [2.05, 4.69) is 34.9 Å². The second-order valence-electron chi connectivity index (χ2n) is 9.45. The number of halogens is 2. The summed E-state index contributed by atoms with van der Waals surface area (Å²) in [4.78, 5) is 14.4. The van der Waals surface area contributed by atoms with E-state index in [1.165, 1.54) is 11.8 Å². The van der Waals surface area contributed by atoms with Crippen molar-refractivity contribution < 1.29 is 14.3 Å². The summed E-state index contributed by atoms with van der Waals surface area (Å²) in [5.74, 6) is 1.04. The molecule has 2 aromatic rings. The van der Waals surface area contributed by atoms with Crippen LogP contribution in [0.2, 0.25) is 10.0 Å². The van der Waals surface area contributed by atoms with Gasteiger partial charge in [0.1, 0.15) is 11.5 Å². The minimum atomic E-state index is -0.225. The van der Waals surface area contributed by atoms with E-state index in [-0.39, 0.29) is 17.7 Å². The van der Waals surface area contributed by atoms with Gasteiger partial charge in [-0.25, -0.2) is 0 Å². The van der Waals surface area contributed by atoms with Crippen molar-refractivity contribution >= 4 is 34.7 Å². The number of aromatic nitrogens is 2. The Bertz CT molecular complexity index is 1230. The maximum absolute atomic E-state index is 12.2. The van der Waals surface area contributed by atoms with Crippen LogP contribution >= 0.6 is 23.2 Å². The smallest absolute Gasteiger partial charge is 0.247 e. The minimum Gasteiger partial charge on any atom is -0.495 e. The van der Waals surface area contributed by atoms with E-state index in [0.29, 0.717) is 28.0 Å². The highest BCUT2D eigenvalue weighted by Gasteiger charge is 2.32. The number of carbonyl (C=O) groups excluding carboxylic acids is 1. The maximum atomic E-state index is 12.2. The van der Waals surface area contributed by atoms with Crippen molar-refractivity contribution in [3.8, 4) is 11.5 Å². The van der Waals surface area contributed by atoms with Crippen LogP contribution in [0.1, 0.15) is 48.2 Å². The molecule has 0 saturated heterocycles. The number of carbonyl (C=O) groups is 1. The summed E-state index contributed by atoms with van der Waals surface area (Å²) >= 11 is 13.4. The molecule has 36 heavy (non-hydrogen) atoms. The van der Waals surface area contributed by atoms with E-state index in [0.717, 1.165) is 53.0 Å². The Hall–Kier alpha value is -2.90. The molecule has 0 spiro atoms. The second-order valence-corrected chi connectivity index (χ2v) is 10.2. The fraction of sp³-hybridized carbons (Fsp3) is 0.407. The average molecular weight is 531 g/mol. The van der Waals surface area contributed by atoms with E-state index in [4.69, 9.17) is 37.8 Å². The molecule has 1 amide bonds. The Morgan fingerprint density at radius 3 is 2.47 bits per heavy atom. The molecular formula is C27H32Cl2N4O3.